The van der Waals surface area contributed by atoms with Crippen molar-refractivity contribution in [3.8, 4) is 0 Å². The van der Waals surface area contributed by atoms with E-state index in [0.717, 1.165) is 19.3 Å². The Morgan fingerprint density at radius 1 is 1.37 bits per heavy atom. The first-order valence-electron chi connectivity index (χ1n) is 7.36. The van der Waals surface area contributed by atoms with E-state index in [0.29, 0.717) is 0 Å². The second kappa shape index (κ2) is 6.70. The molecule has 4 heteroatoms. The Hall–Kier alpha value is 0.1000. The molecule has 2 nitrogen and oxygen atoms in total. The quantitative estimate of drug-likeness (QED) is 0.843. The standard InChI is InChI=1S/C15H25BrN2S/c1-3-15(4-2,18-7-5-6-8-18)14(17)10-13-9-12(16)11-19-13/h9,11,14H,3-8,10,17H2,1-2H3. The predicted molar refractivity (Wildman–Crippen MR) is 87.8 cm³/mol. The first kappa shape index (κ1) is 15.5. The van der Waals surface area contributed by atoms with Gasteiger partial charge in [-0.05, 0) is 67.2 Å². The van der Waals surface area contributed by atoms with Crippen LogP contribution in [0.4, 0.5) is 0 Å². The lowest BCUT2D eigenvalue weighted by molar-refractivity contribution is 0.0771. The molecule has 1 aromatic heterocycles. The molecule has 0 amide bonds. The summed E-state index contributed by atoms with van der Waals surface area (Å²) >= 11 is 5.34. The lowest BCUT2D eigenvalue weighted by atomic mass is 9.81. The third-order valence-electron chi connectivity index (χ3n) is 4.69. The number of nitrogens with two attached hydrogens (primary N) is 1. The van der Waals surface area contributed by atoms with Crippen molar-refractivity contribution in [1.29, 1.82) is 0 Å². The van der Waals surface area contributed by atoms with Crippen molar-refractivity contribution in [3.63, 3.8) is 0 Å². The van der Waals surface area contributed by atoms with Gasteiger partial charge in [0.05, 0.1) is 0 Å². The summed E-state index contributed by atoms with van der Waals surface area (Å²) in [5.41, 5.74) is 6.83. The van der Waals surface area contributed by atoms with Gasteiger partial charge < -0.3 is 5.73 Å². The van der Waals surface area contributed by atoms with E-state index in [2.05, 4.69) is 46.1 Å². The van der Waals surface area contributed by atoms with E-state index in [9.17, 15) is 0 Å². The van der Waals surface area contributed by atoms with Crippen LogP contribution in [0.2, 0.25) is 0 Å². The molecular weight excluding hydrogens is 320 g/mol. The van der Waals surface area contributed by atoms with E-state index < -0.39 is 0 Å². The van der Waals surface area contributed by atoms with Crippen LogP contribution in [0.15, 0.2) is 15.9 Å². The smallest absolute Gasteiger partial charge is 0.0358 e. The minimum Gasteiger partial charge on any atom is -0.326 e. The highest BCUT2D eigenvalue weighted by Crippen LogP contribution is 2.33. The van der Waals surface area contributed by atoms with Crippen LogP contribution in [0.5, 0.6) is 0 Å². The molecule has 1 atom stereocenters. The minimum atomic E-state index is 0.187. The third kappa shape index (κ3) is 3.23. The van der Waals surface area contributed by atoms with Gasteiger partial charge in [0, 0.05) is 26.3 Å². The van der Waals surface area contributed by atoms with Crippen LogP contribution in [0.1, 0.15) is 44.4 Å². The van der Waals surface area contributed by atoms with Gasteiger partial charge in [-0.3, -0.25) is 4.90 Å². The Labute approximate surface area is 129 Å². The van der Waals surface area contributed by atoms with Crippen molar-refractivity contribution >= 4 is 27.3 Å². The molecule has 0 aliphatic carbocycles. The molecule has 1 aromatic rings. The zero-order chi connectivity index (χ0) is 13.9. The van der Waals surface area contributed by atoms with Crippen molar-refractivity contribution in [1.82, 2.24) is 4.90 Å². The van der Waals surface area contributed by atoms with Crippen LogP contribution in [0.3, 0.4) is 0 Å². The maximum atomic E-state index is 6.64. The largest absolute Gasteiger partial charge is 0.326 e. The SMILES string of the molecule is CCC(CC)(C(N)Cc1cc(Br)cs1)N1CCCC1. The van der Waals surface area contributed by atoms with Gasteiger partial charge in [0.2, 0.25) is 0 Å². The number of thiophene rings is 1. The van der Waals surface area contributed by atoms with Crippen molar-refractivity contribution in [2.75, 3.05) is 13.1 Å². The van der Waals surface area contributed by atoms with Crippen molar-refractivity contribution < 1.29 is 0 Å². The lowest BCUT2D eigenvalue weighted by Gasteiger charge is -2.45. The van der Waals surface area contributed by atoms with Gasteiger partial charge in [-0.15, -0.1) is 11.3 Å². The Balaban J connectivity index is 2.13. The molecule has 0 saturated carbocycles. The van der Waals surface area contributed by atoms with Crippen molar-refractivity contribution in [2.45, 2.75) is 57.5 Å². The third-order valence-corrected chi connectivity index (χ3v) is 6.41. The number of hydrogen-bond acceptors (Lipinski definition) is 3. The molecule has 1 unspecified atom stereocenters. The first-order valence-corrected chi connectivity index (χ1v) is 9.03. The van der Waals surface area contributed by atoms with Gasteiger partial charge in [-0.1, -0.05) is 13.8 Å². The molecule has 2 heterocycles. The van der Waals surface area contributed by atoms with Crippen LogP contribution in [0.25, 0.3) is 0 Å². The summed E-state index contributed by atoms with van der Waals surface area (Å²) in [5, 5.41) is 2.15. The number of hydrogen-bond donors (Lipinski definition) is 1. The van der Waals surface area contributed by atoms with E-state index in [1.807, 2.05) is 11.3 Å². The first-order chi connectivity index (χ1) is 9.12. The van der Waals surface area contributed by atoms with Crippen molar-refractivity contribution in [3.05, 3.63) is 20.8 Å². The fraction of sp³-hybridized carbons (Fsp3) is 0.733. The molecule has 2 rings (SSSR count). The molecular formula is C15H25BrN2S. The molecule has 0 bridgehead atoms. The zero-order valence-corrected chi connectivity index (χ0v) is 14.4. The van der Waals surface area contributed by atoms with Gasteiger partial charge in [0.1, 0.15) is 0 Å². The molecule has 0 aromatic carbocycles. The maximum Gasteiger partial charge on any atom is 0.0358 e. The second-order valence-electron chi connectivity index (χ2n) is 5.55. The number of nitrogens with zero attached hydrogens (tertiary/aromatic N) is 1. The number of rotatable bonds is 6. The highest BCUT2D eigenvalue weighted by Gasteiger charge is 2.40. The summed E-state index contributed by atoms with van der Waals surface area (Å²) in [6.45, 7) is 7.05. The molecule has 1 aliphatic heterocycles. The Morgan fingerprint density at radius 3 is 2.47 bits per heavy atom. The zero-order valence-electron chi connectivity index (χ0n) is 12.0. The van der Waals surface area contributed by atoms with E-state index in [-0.39, 0.29) is 11.6 Å². The van der Waals surface area contributed by atoms with E-state index in [1.165, 1.54) is 35.3 Å². The average Bonchev–Trinajstić information content (AvgIpc) is 3.04. The summed E-state index contributed by atoms with van der Waals surface area (Å²) in [5.74, 6) is 0. The van der Waals surface area contributed by atoms with Gasteiger partial charge in [0.15, 0.2) is 0 Å². The van der Waals surface area contributed by atoms with Crippen molar-refractivity contribution in [2.24, 2.45) is 5.73 Å². The van der Waals surface area contributed by atoms with E-state index >= 15 is 0 Å². The fourth-order valence-electron chi connectivity index (χ4n) is 3.49. The molecule has 19 heavy (non-hydrogen) atoms. The van der Waals surface area contributed by atoms with Crippen LogP contribution in [-0.4, -0.2) is 29.6 Å². The topological polar surface area (TPSA) is 29.3 Å². The van der Waals surface area contributed by atoms with Crippen LogP contribution in [0, 0.1) is 0 Å². The molecule has 1 fully saturated rings. The number of halogens is 1. The van der Waals surface area contributed by atoms with Gasteiger partial charge in [-0.2, -0.15) is 0 Å². The summed E-state index contributed by atoms with van der Waals surface area (Å²) in [6.07, 6.45) is 5.96. The Kier molecular flexibility index (Phi) is 5.46. The predicted octanol–water partition coefficient (Wildman–Crippen LogP) is 4.04. The van der Waals surface area contributed by atoms with Crippen LogP contribution in [-0.2, 0) is 6.42 Å². The highest BCUT2D eigenvalue weighted by molar-refractivity contribution is 9.10. The van der Waals surface area contributed by atoms with Gasteiger partial charge in [0.25, 0.3) is 0 Å². The summed E-state index contributed by atoms with van der Waals surface area (Å²) < 4.78 is 1.18. The normalized spacial score (nSPS) is 18.9. The second-order valence-corrected chi connectivity index (χ2v) is 7.46. The molecule has 108 valence electrons. The van der Waals surface area contributed by atoms with Gasteiger partial charge in [-0.25, -0.2) is 0 Å². The lowest BCUT2D eigenvalue weighted by Crippen LogP contribution is -2.59. The van der Waals surface area contributed by atoms with E-state index in [1.54, 1.807) is 0 Å². The van der Waals surface area contributed by atoms with E-state index in [4.69, 9.17) is 5.73 Å². The van der Waals surface area contributed by atoms with Crippen LogP contribution < -0.4 is 5.73 Å². The molecule has 0 spiro atoms. The molecule has 1 aliphatic rings. The Morgan fingerprint density at radius 2 is 2.00 bits per heavy atom. The fourth-order valence-corrected chi connectivity index (χ4v) is 5.00. The minimum absolute atomic E-state index is 0.187. The molecule has 0 radical (unpaired) electrons. The summed E-state index contributed by atoms with van der Waals surface area (Å²) in [7, 11) is 0. The molecule has 2 N–H and O–H groups in total. The van der Waals surface area contributed by atoms with Crippen LogP contribution >= 0.6 is 27.3 Å². The Bertz CT molecular complexity index is 395. The summed E-state index contributed by atoms with van der Waals surface area (Å²) in [4.78, 5) is 4.05. The number of likely N-dealkylation sites (tertiary alicyclic amines) is 1. The summed E-state index contributed by atoms with van der Waals surface area (Å²) in [6, 6.07) is 2.44. The monoisotopic (exact) mass is 344 g/mol. The molecule has 1 saturated heterocycles. The maximum absolute atomic E-state index is 6.64. The average molecular weight is 345 g/mol. The van der Waals surface area contributed by atoms with Gasteiger partial charge >= 0.3 is 0 Å². The highest BCUT2D eigenvalue weighted by atomic mass is 79.9.